The standard InChI is InChI=1S/C12H14N2O2S/c1-8-3-4-11(15-2)9(5-8)10-7-17-12(14-10)6-16-13/h3-5,7H,6,13H2,1-2H3. The number of nitrogens with two attached hydrogens (primary N) is 1. The maximum absolute atomic E-state index is 5.33. The van der Waals surface area contributed by atoms with Crippen molar-refractivity contribution in [3.8, 4) is 17.0 Å². The zero-order valence-corrected chi connectivity index (χ0v) is 10.6. The molecule has 0 spiro atoms. The Balaban J connectivity index is 2.40. The van der Waals surface area contributed by atoms with Crippen molar-refractivity contribution in [2.75, 3.05) is 7.11 Å². The number of benzene rings is 1. The number of hydrogen-bond acceptors (Lipinski definition) is 5. The van der Waals surface area contributed by atoms with Gasteiger partial charge in [-0.25, -0.2) is 10.9 Å². The van der Waals surface area contributed by atoms with E-state index in [-0.39, 0.29) is 0 Å². The highest BCUT2D eigenvalue weighted by atomic mass is 32.1. The van der Waals surface area contributed by atoms with Gasteiger partial charge in [0.1, 0.15) is 17.4 Å². The number of hydrogen-bond donors (Lipinski definition) is 1. The Bertz CT molecular complexity index is 511. The highest BCUT2D eigenvalue weighted by molar-refractivity contribution is 7.09. The lowest BCUT2D eigenvalue weighted by molar-refractivity contribution is 0.124. The molecule has 17 heavy (non-hydrogen) atoms. The molecule has 0 fully saturated rings. The fourth-order valence-corrected chi connectivity index (χ4v) is 2.31. The molecular formula is C12H14N2O2S. The van der Waals surface area contributed by atoms with Crippen LogP contribution in [-0.2, 0) is 11.4 Å². The number of aryl methyl sites for hydroxylation is 1. The van der Waals surface area contributed by atoms with Crippen LogP contribution in [0.1, 0.15) is 10.6 Å². The van der Waals surface area contributed by atoms with Crippen molar-refractivity contribution in [1.29, 1.82) is 0 Å². The molecule has 5 heteroatoms. The van der Waals surface area contributed by atoms with Crippen molar-refractivity contribution in [1.82, 2.24) is 4.98 Å². The Morgan fingerprint density at radius 1 is 1.41 bits per heavy atom. The van der Waals surface area contributed by atoms with Crippen LogP contribution in [0, 0.1) is 6.92 Å². The van der Waals surface area contributed by atoms with E-state index in [1.54, 1.807) is 7.11 Å². The van der Waals surface area contributed by atoms with Crippen molar-refractivity contribution in [3.05, 3.63) is 34.2 Å². The molecule has 0 amide bonds. The van der Waals surface area contributed by atoms with Gasteiger partial charge in [0.25, 0.3) is 0 Å². The quantitative estimate of drug-likeness (QED) is 0.847. The summed E-state index contributed by atoms with van der Waals surface area (Å²) in [5.74, 6) is 5.85. The van der Waals surface area contributed by atoms with Crippen LogP contribution in [0.25, 0.3) is 11.3 Å². The molecule has 90 valence electrons. The van der Waals surface area contributed by atoms with Crippen LogP contribution in [0.4, 0.5) is 0 Å². The lowest BCUT2D eigenvalue weighted by Crippen LogP contribution is -1.98. The van der Waals surface area contributed by atoms with Crippen LogP contribution in [-0.4, -0.2) is 12.1 Å². The molecule has 2 aromatic rings. The molecule has 0 bridgehead atoms. The van der Waals surface area contributed by atoms with Crippen molar-refractivity contribution in [2.24, 2.45) is 5.90 Å². The number of thiazole rings is 1. The average Bonchev–Trinajstić information content (AvgIpc) is 2.78. The number of aromatic nitrogens is 1. The van der Waals surface area contributed by atoms with Gasteiger partial charge in [0.15, 0.2) is 0 Å². The maximum atomic E-state index is 5.33. The van der Waals surface area contributed by atoms with Gasteiger partial charge in [-0.3, -0.25) is 4.84 Å². The molecular weight excluding hydrogens is 236 g/mol. The predicted octanol–water partition coefficient (Wildman–Crippen LogP) is 2.52. The van der Waals surface area contributed by atoms with E-state index >= 15 is 0 Å². The van der Waals surface area contributed by atoms with Crippen LogP contribution in [0.15, 0.2) is 23.6 Å². The van der Waals surface area contributed by atoms with Crippen LogP contribution in [0.3, 0.4) is 0 Å². The summed E-state index contributed by atoms with van der Waals surface area (Å²) in [6.45, 7) is 2.37. The van der Waals surface area contributed by atoms with E-state index in [9.17, 15) is 0 Å². The average molecular weight is 250 g/mol. The lowest BCUT2D eigenvalue weighted by Gasteiger charge is -2.06. The predicted molar refractivity (Wildman–Crippen MR) is 67.8 cm³/mol. The normalized spacial score (nSPS) is 10.5. The Kier molecular flexibility index (Phi) is 3.73. The summed E-state index contributed by atoms with van der Waals surface area (Å²) in [5.41, 5.74) is 3.06. The van der Waals surface area contributed by atoms with Crippen LogP contribution >= 0.6 is 11.3 Å². The third-order valence-electron chi connectivity index (χ3n) is 2.39. The van der Waals surface area contributed by atoms with Gasteiger partial charge < -0.3 is 4.74 Å². The van der Waals surface area contributed by atoms with Gasteiger partial charge in [0.2, 0.25) is 0 Å². The second kappa shape index (κ2) is 5.27. The number of ether oxygens (including phenoxy) is 1. The van der Waals surface area contributed by atoms with E-state index in [1.165, 1.54) is 16.9 Å². The minimum atomic E-state index is 0.332. The molecule has 0 saturated heterocycles. The molecule has 0 unspecified atom stereocenters. The fourth-order valence-electron chi connectivity index (χ4n) is 1.59. The monoisotopic (exact) mass is 250 g/mol. The summed E-state index contributed by atoms with van der Waals surface area (Å²) in [7, 11) is 1.66. The van der Waals surface area contributed by atoms with Crippen LogP contribution < -0.4 is 10.6 Å². The molecule has 0 aliphatic rings. The first-order chi connectivity index (χ1) is 8.24. The van der Waals surface area contributed by atoms with E-state index in [4.69, 9.17) is 10.6 Å². The highest BCUT2D eigenvalue weighted by Gasteiger charge is 2.10. The summed E-state index contributed by atoms with van der Waals surface area (Å²) in [6.07, 6.45) is 0. The van der Waals surface area contributed by atoms with Crippen molar-refractivity contribution < 1.29 is 9.57 Å². The zero-order chi connectivity index (χ0) is 12.3. The molecule has 1 aromatic heterocycles. The largest absolute Gasteiger partial charge is 0.496 e. The molecule has 1 aromatic carbocycles. The molecule has 0 atom stereocenters. The molecule has 0 radical (unpaired) electrons. The SMILES string of the molecule is COc1ccc(C)cc1-c1csc(CON)n1. The van der Waals surface area contributed by atoms with Gasteiger partial charge in [-0.2, -0.15) is 0 Å². The van der Waals surface area contributed by atoms with E-state index in [1.807, 2.05) is 24.4 Å². The summed E-state index contributed by atoms with van der Waals surface area (Å²) in [4.78, 5) is 9.03. The molecule has 0 saturated carbocycles. The van der Waals surface area contributed by atoms with Gasteiger partial charge in [0, 0.05) is 10.9 Å². The number of methoxy groups -OCH3 is 1. The van der Waals surface area contributed by atoms with Gasteiger partial charge in [-0.1, -0.05) is 11.6 Å². The van der Waals surface area contributed by atoms with E-state index in [2.05, 4.69) is 15.9 Å². The Labute approximate surface area is 104 Å². The molecule has 0 aliphatic heterocycles. The molecule has 2 rings (SSSR count). The van der Waals surface area contributed by atoms with Crippen LogP contribution in [0.5, 0.6) is 5.75 Å². The Hall–Kier alpha value is -1.43. The Morgan fingerprint density at radius 2 is 2.24 bits per heavy atom. The third-order valence-corrected chi connectivity index (χ3v) is 3.21. The highest BCUT2D eigenvalue weighted by Crippen LogP contribution is 2.31. The lowest BCUT2D eigenvalue weighted by atomic mass is 10.1. The van der Waals surface area contributed by atoms with Gasteiger partial charge in [-0.05, 0) is 19.1 Å². The van der Waals surface area contributed by atoms with Gasteiger partial charge in [-0.15, -0.1) is 11.3 Å². The molecule has 2 N–H and O–H groups in total. The number of nitrogens with zero attached hydrogens (tertiary/aromatic N) is 1. The first-order valence-electron chi connectivity index (χ1n) is 5.15. The third kappa shape index (κ3) is 2.63. The molecule has 1 heterocycles. The topological polar surface area (TPSA) is 57.4 Å². The molecule has 0 aliphatic carbocycles. The van der Waals surface area contributed by atoms with Crippen molar-refractivity contribution in [3.63, 3.8) is 0 Å². The first-order valence-corrected chi connectivity index (χ1v) is 6.03. The summed E-state index contributed by atoms with van der Waals surface area (Å²) >= 11 is 1.52. The zero-order valence-electron chi connectivity index (χ0n) is 9.77. The summed E-state index contributed by atoms with van der Waals surface area (Å²) in [5, 5.41) is 2.83. The second-order valence-corrected chi connectivity index (χ2v) is 4.58. The second-order valence-electron chi connectivity index (χ2n) is 3.64. The fraction of sp³-hybridized carbons (Fsp3) is 0.250. The van der Waals surface area contributed by atoms with Crippen molar-refractivity contribution >= 4 is 11.3 Å². The van der Waals surface area contributed by atoms with Gasteiger partial charge in [0.05, 0.1) is 12.8 Å². The van der Waals surface area contributed by atoms with Crippen LogP contribution in [0.2, 0.25) is 0 Å². The maximum Gasteiger partial charge on any atom is 0.128 e. The smallest absolute Gasteiger partial charge is 0.128 e. The van der Waals surface area contributed by atoms with E-state index in [0.29, 0.717) is 6.61 Å². The Morgan fingerprint density at radius 3 is 2.94 bits per heavy atom. The first kappa shape index (κ1) is 12.0. The summed E-state index contributed by atoms with van der Waals surface area (Å²) in [6, 6.07) is 6.02. The number of rotatable bonds is 4. The minimum Gasteiger partial charge on any atom is -0.496 e. The van der Waals surface area contributed by atoms with E-state index < -0.39 is 0 Å². The summed E-state index contributed by atoms with van der Waals surface area (Å²) < 4.78 is 5.33. The molecule has 4 nitrogen and oxygen atoms in total. The van der Waals surface area contributed by atoms with Gasteiger partial charge >= 0.3 is 0 Å². The van der Waals surface area contributed by atoms with Crippen molar-refractivity contribution in [2.45, 2.75) is 13.5 Å². The minimum absolute atomic E-state index is 0.332. The van der Waals surface area contributed by atoms with E-state index in [0.717, 1.165) is 22.0 Å².